The van der Waals surface area contributed by atoms with Crippen molar-refractivity contribution in [3.63, 3.8) is 0 Å². The van der Waals surface area contributed by atoms with E-state index in [1.807, 2.05) is 17.0 Å². The van der Waals surface area contributed by atoms with Crippen LogP contribution in [-0.2, 0) is 22.4 Å². The van der Waals surface area contributed by atoms with Gasteiger partial charge in [0.2, 0.25) is 11.8 Å². The van der Waals surface area contributed by atoms with Crippen molar-refractivity contribution in [1.82, 2.24) is 10.2 Å². The molecule has 0 radical (unpaired) electrons. The van der Waals surface area contributed by atoms with E-state index in [0.29, 0.717) is 18.5 Å². The number of Topliss-reactive ketones (excluding diaryl/α,β-unsaturated/α-hetero) is 1. The zero-order chi connectivity index (χ0) is 18.4. The minimum Gasteiger partial charge on any atom is -0.356 e. The third kappa shape index (κ3) is 4.93. The molecule has 1 aliphatic carbocycles. The molecule has 5 nitrogen and oxygen atoms in total. The number of benzene rings is 1. The summed E-state index contributed by atoms with van der Waals surface area (Å²) in [5, 5.41) is 2.76. The fourth-order valence-corrected chi connectivity index (χ4v) is 3.80. The predicted molar refractivity (Wildman–Crippen MR) is 100 cm³/mol. The van der Waals surface area contributed by atoms with Gasteiger partial charge in [-0.1, -0.05) is 12.1 Å². The van der Waals surface area contributed by atoms with Crippen molar-refractivity contribution >= 4 is 17.6 Å². The van der Waals surface area contributed by atoms with E-state index >= 15 is 0 Å². The third-order valence-electron chi connectivity index (χ3n) is 5.37. The van der Waals surface area contributed by atoms with Crippen LogP contribution in [0.1, 0.15) is 66.4 Å². The molecule has 1 aliphatic heterocycles. The molecule has 3 rings (SSSR count). The number of nitrogens with zero attached hydrogens (tertiary/aromatic N) is 1. The van der Waals surface area contributed by atoms with Gasteiger partial charge in [-0.3, -0.25) is 14.4 Å². The van der Waals surface area contributed by atoms with E-state index in [0.717, 1.165) is 38.8 Å². The second kappa shape index (κ2) is 8.97. The predicted octanol–water partition coefficient (Wildman–Crippen LogP) is 2.66. The maximum Gasteiger partial charge on any atom is 0.224 e. The molecule has 0 spiro atoms. The van der Waals surface area contributed by atoms with E-state index in [9.17, 15) is 14.4 Å². The summed E-state index contributed by atoms with van der Waals surface area (Å²) in [7, 11) is 0. The Morgan fingerprint density at radius 3 is 2.38 bits per heavy atom. The lowest BCUT2D eigenvalue weighted by Crippen LogP contribution is -2.32. The quantitative estimate of drug-likeness (QED) is 0.764. The first-order valence-corrected chi connectivity index (χ1v) is 9.83. The highest BCUT2D eigenvalue weighted by Crippen LogP contribution is 2.22. The molecule has 0 unspecified atom stereocenters. The number of ketones is 1. The summed E-state index contributed by atoms with van der Waals surface area (Å²) in [5.41, 5.74) is 3.35. The van der Waals surface area contributed by atoms with Crippen molar-refractivity contribution in [2.24, 2.45) is 0 Å². The molecule has 1 aromatic carbocycles. The van der Waals surface area contributed by atoms with Gasteiger partial charge in [0.05, 0.1) is 0 Å². The minimum atomic E-state index is -0.162. The average Bonchev–Trinajstić information content (AvgIpc) is 3.20. The monoisotopic (exact) mass is 356 g/mol. The van der Waals surface area contributed by atoms with Crippen molar-refractivity contribution in [2.45, 2.75) is 57.8 Å². The number of rotatable bonds is 7. The largest absolute Gasteiger partial charge is 0.356 e. The van der Waals surface area contributed by atoms with Crippen LogP contribution in [0.15, 0.2) is 18.2 Å². The lowest BCUT2D eigenvalue weighted by atomic mass is 9.89. The smallest absolute Gasteiger partial charge is 0.224 e. The van der Waals surface area contributed by atoms with Gasteiger partial charge in [-0.05, 0) is 55.7 Å². The van der Waals surface area contributed by atoms with Gasteiger partial charge in [0.15, 0.2) is 5.78 Å². The summed E-state index contributed by atoms with van der Waals surface area (Å²) in [4.78, 5) is 38.0. The Morgan fingerprint density at radius 2 is 1.62 bits per heavy atom. The van der Waals surface area contributed by atoms with Crippen LogP contribution in [0.2, 0.25) is 0 Å². The Balaban J connectivity index is 1.38. The van der Waals surface area contributed by atoms with E-state index in [1.165, 1.54) is 24.0 Å². The van der Waals surface area contributed by atoms with Gasteiger partial charge in [-0.25, -0.2) is 0 Å². The van der Waals surface area contributed by atoms with E-state index in [1.54, 1.807) is 0 Å². The molecule has 1 heterocycles. The van der Waals surface area contributed by atoms with Gasteiger partial charge < -0.3 is 10.2 Å². The molecule has 0 saturated carbocycles. The number of nitrogens with one attached hydrogen (secondary N) is 1. The zero-order valence-corrected chi connectivity index (χ0v) is 15.4. The molecule has 5 heteroatoms. The SMILES string of the molecule is O=C(CCC(=O)c1ccc2c(c1)CCCC2)NCCC(=O)N1CCCC1. The van der Waals surface area contributed by atoms with Crippen LogP contribution < -0.4 is 5.32 Å². The van der Waals surface area contributed by atoms with Gasteiger partial charge in [0.1, 0.15) is 0 Å². The molecule has 0 bridgehead atoms. The number of likely N-dealkylation sites (tertiary alicyclic amines) is 1. The standard InChI is InChI=1S/C21H28N2O3/c24-19(18-8-7-16-5-1-2-6-17(16)15-18)9-10-20(25)22-12-11-21(26)23-13-3-4-14-23/h7-8,15H,1-6,9-14H2,(H,22,25). The Hall–Kier alpha value is -2.17. The van der Waals surface area contributed by atoms with Gasteiger partial charge in [-0.2, -0.15) is 0 Å². The van der Waals surface area contributed by atoms with Gasteiger partial charge in [0.25, 0.3) is 0 Å². The molecule has 26 heavy (non-hydrogen) atoms. The number of hydrogen-bond donors (Lipinski definition) is 1. The van der Waals surface area contributed by atoms with Crippen molar-refractivity contribution in [1.29, 1.82) is 0 Å². The van der Waals surface area contributed by atoms with Gasteiger partial charge in [0, 0.05) is 44.5 Å². The minimum absolute atomic E-state index is 0.0154. The molecule has 1 N–H and O–H groups in total. The molecular weight excluding hydrogens is 328 g/mol. The molecule has 1 fully saturated rings. The second-order valence-corrected chi connectivity index (χ2v) is 7.30. The molecule has 2 amide bonds. The van der Waals surface area contributed by atoms with E-state index in [4.69, 9.17) is 0 Å². The maximum absolute atomic E-state index is 12.4. The van der Waals surface area contributed by atoms with Crippen LogP contribution in [0.4, 0.5) is 0 Å². The first-order valence-electron chi connectivity index (χ1n) is 9.83. The van der Waals surface area contributed by atoms with E-state index < -0.39 is 0 Å². The van der Waals surface area contributed by atoms with Gasteiger partial charge >= 0.3 is 0 Å². The molecule has 1 aromatic rings. The highest BCUT2D eigenvalue weighted by molar-refractivity contribution is 5.98. The summed E-state index contributed by atoms with van der Waals surface area (Å²) < 4.78 is 0. The van der Waals surface area contributed by atoms with Crippen LogP contribution in [0.5, 0.6) is 0 Å². The average molecular weight is 356 g/mol. The highest BCUT2D eigenvalue weighted by atomic mass is 16.2. The van der Waals surface area contributed by atoms with Crippen LogP contribution >= 0.6 is 0 Å². The van der Waals surface area contributed by atoms with Crippen molar-refractivity contribution in [3.05, 3.63) is 34.9 Å². The second-order valence-electron chi connectivity index (χ2n) is 7.30. The lowest BCUT2D eigenvalue weighted by molar-refractivity contribution is -0.130. The summed E-state index contributed by atoms with van der Waals surface area (Å²) in [6.45, 7) is 2.02. The number of fused-ring (bicyclic) bond motifs is 1. The molecule has 140 valence electrons. The number of hydrogen-bond acceptors (Lipinski definition) is 3. The Labute approximate surface area is 155 Å². The van der Waals surface area contributed by atoms with Crippen molar-refractivity contribution in [2.75, 3.05) is 19.6 Å². The molecule has 0 atom stereocenters. The van der Waals surface area contributed by atoms with Crippen LogP contribution in [-0.4, -0.2) is 42.1 Å². The topological polar surface area (TPSA) is 66.5 Å². The summed E-state index contributed by atoms with van der Waals surface area (Å²) in [6, 6.07) is 5.95. The fraction of sp³-hybridized carbons (Fsp3) is 0.571. The van der Waals surface area contributed by atoms with Crippen LogP contribution in [0, 0.1) is 0 Å². The van der Waals surface area contributed by atoms with Crippen molar-refractivity contribution in [3.8, 4) is 0 Å². The lowest BCUT2D eigenvalue weighted by Gasteiger charge is -2.16. The van der Waals surface area contributed by atoms with Gasteiger partial charge in [-0.15, -0.1) is 0 Å². The first kappa shape index (κ1) is 18.6. The maximum atomic E-state index is 12.4. The number of amides is 2. The number of carbonyl (C=O) groups is 3. The van der Waals surface area contributed by atoms with Crippen molar-refractivity contribution < 1.29 is 14.4 Å². The molecule has 0 aromatic heterocycles. The van der Waals surface area contributed by atoms with Crippen LogP contribution in [0.3, 0.4) is 0 Å². The normalized spacial score (nSPS) is 16.2. The fourth-order valence-electron chi connectivity index (χ4n) is 3.80. The number of carbonyl (C=O) groups excluding carboxylic acids is 3. The summed E-state index contributed by atoms with van der Waals surface area (Å²) in [6.07, 6.45) is 7.42. The Morgan fingerprint density at radius 1 is 0.885 bits per heavy atom. The first-order chi connectivity index (χ1) is 12.6. The summed E-state index contributed by atoms with van der Waals surface area (Å²) in [5.74, 6) is -0.0415. The highest BCUT2D eigenvalue weighted by Gasteiger charge is 2.18. The van der Waals surface area contributed by atoms with E-state index in [2.05, 4.69) is 11.4 Å². The number of aryl methyl sites for hydroxylation is 2. The van der Waals surface area contributed by atoms with Crippen LogP contribution in [0.25, 0.3) is 0 Å². The molecule has 2 aliphatic rings. The Bertz CT molecular complexity index is 678. The third-order valence-corrected chi connectivity index (χ3v) is 5.37. The summed E-state index contributed by atoms with van der Waals surface area (Å²) >= 11 is 0. The van der Waals surface area contributed by atoms with E-state index in [-0.39, 0.29) is 30.4 Å². The molecular formula is C21H28N2O3. The Kier molecular flexibility index (Phi) is 6.42. The molecule has 1 saturated heterocycles. The zero-order valence-electron chi connectivity index (χ0n) is 15.4.